The van der Waals surface area contributed by atoms with Gasteiger partial charge in [0.05, 0.1) is 20.8 Å². The van der Waals surface area contributed by atoms with Crippen LogP contribution in [0.5, 0.6) is 0 Å². The summed E-state index contributed by atoms with van der Waals surface area (Å²) in [6.07, 6.45) is 2.39. The van der Waals surface area contributed by atoms with E-state index in [4.69, 9.17) is 14.2 Å². The summed E-state index contributed by atoms with van der Waals surface area (Å²) in [5, 5.41) is 5.09. The fraction of sp³-hybridized carbons (Fsp3) is 0.571. The van der Waals surface area contributed by atoms with Gasteiger partial charge in [-0.2, -0.15) is 0 Å². The summed E-state index contributed by atoms with van der Waals surface area (Å²) in [4.78, 5) is 59.6. The fourth-order valence-electron chi connectivity index (χ4n) is 3.30. The van der Waals surface area contributed by atoms with E-state index in [1.165, 1.54) is 28.1 Å². The Bertz CT molecular complexity index is 784. The van der Waals surface area contributed by atoms with Crippen LogP contribution in [0.2, 0.25) is 0 Å². The van der Waals surface area contributed by atoms with Crippen molar-refractivity contribution in [3.05, 3.63) is 22.8 Å². The van der Waals surface area contributed by atoms with E-state index in [0.29, 0.717) is 17.6 Å². The zero-order valence-corrected chi connectivity index (χ0v) is 18.5. The third-order valence-corrected chi connectivity index (χ3v) is 4.66. The summed E-state index contributed by atoms with van der Waals surface area (Å²) in [6.45, 7) is 4.47. The summed E-state index contributed by atoms with van der Waals surface area (Å²) in [5.41, 5.74) is 1.84. The SMILES string of the molecule is CCOC(=O)C1=CCC(C[C@@H](NC(C)=O)C(=O)OC)=C(C[C@@H](NC(C)=O)C(=O)OC)C1. The van der Waals surface area contributed by atoms with E-state index in [2.05, 4.69) is 10.6 Å². The molecule has 2 amide bonds. The van der Waals surface area contributed by atoms with Crippen LogP contribution in [0.3, 0.4) is 0 Å². The van der Waals surface area contributed by atoms with Crippen LogP contribution in [-0.2, 0) is 38.2 Å². The molecule has 0 spiro atoms. The maximum absolute atomic E-state index is 12.2. The molecule has 1 aliphatic rings. The predicted molar refractivity (Wildman–Crippen MR) is 109 cm³/mol. The fourth-order valence-corrected chi connectivity index (χ4v) is 3.30. The van der Waals surface area contributed by atoms with E-state index in [-0.39, 0.29) is 25.9 Å². The second-order valence-electron chi connectivity index (χ2n) is 7.00. The predicted octanol–water partition coefficient (Wildman–Crippen LogP) is 0.702. The molecule has 0 aromatic carbocycles. The van der Waals surface area contributed by atoms with E-state index >= 15 is 0 Å². The molecule has 0 radical (unpaired) electrons. The average Bonchev–Trinajstić information content (AvgIpc) is 2.72. The van der Waals surface area contributed by atoms with Crippen molar-refractivity contribution < 1.29 is 38.2 Å². The van der Waals surface area contributed by atoms with Crippen LogP contribution in [0.1, 0.15) is 46.5 Å². The molecule has 2 atom stereocenters. The van der Waals surface area contributed by atoms with Crippen LogP contribution in [0, 0.1) is 0 Å². The van der Waals surface area contributed by atoms with Crippen molar-refractivity contribution in [1.29, 1.82) is 0 Å². The summed E-state index contributed by atoms with van der Waals surface area (Å²) in [6, 6.07) is -1.89. The van der Waals surface area contributed by atoms with Crippen molar-refractivity contribution in [2.24, 2.45) is 0 Å². The van der Waals surface area contributed by atoms with Crippen LogP contribution in [0.4, 0.5) is 0 Å². The summed E-state index contributed by atoms with van der Waals surface area (Å²) in [5.74, 6) is -2.55. The van der Waals surface area contributed by atoms with Gasteiger partial charge in [-0.05, 0) is 26.2 Å². The molecule has 0 saturated heterocycles. The molecule has 0 heterocycles. The topological polar surface area (TPSA) is 137 Å². The van der Waals surface area contributed by atoms with Gasteiger partial charge in [0.1, 0.15) is 12.1 Å². The lowest BCUT2D eigenvalue weighted by Gasteiger charge is -2.26. The lowest BCUT2D eigenvalue weighted by Crippen LogP contribution is -2.42. The Kier molecular flexibility index (Phi) is 10.4. The molecule has 0 saturated carbocycles. The van der Waals surface area contributed by atoms with Gasteiger partial charge in [-0.15, -0.1) is 0 Å². The highest BCUT2D eigenvalue weighted by Gasteiger charge is 2.29. The highest BCUT2D eigenvalue weighted by molar-refractivity contribution is 5.90. The molecule has 0 unspecified atom stereocenters. The van der Waals surface area contributed by atoms with Gasteiger partial charge >= 0.3 is 17.9 Å². The molecule has 1 rings (SSSR count). The zero-order chi connectivity index (χ0) is 23.6. The van der Waals surface area contributed by atoms with Gasteiger partial charge in [0.15, 0.2) is 0 Å². The van der Waals surface area contributed by atoms with E-state index in [1.54, 1.807) is 13.0 Å². The van der Waals surface area contributed by atoms with Crippen molar-refractivity contribution >= 4 is 29.7 Å². The van der Waals surface area contributed by atoms with Crippen LogP contribution in [0.15, 0.2) is 22.8 Å². The van der Waals surface area contributed by atoms with E-state index in [9.17, 15) is 24.0 Å². The van der Waals surface area contributed by atoms with Gasteiger partial charge in [-0.3, -0.25) is 9.59 Å². The number of carbonyl (C=O) groups excluding carboxylic acids is 5. The number of allylic oxidation sites excluding steroid dienone is 1. The lowest BCUT2D eigenvalue weighted by molar-refractivity contribution is -0.145. The largest absolute Gasteiger partial charge is 0.467 e. The van der Waals surface area contributed by atoms with Crippen LogP contribution >= 0.6 is 0 Å². The molecule has 31 heavy (non-hydrogen) atoms. The van der Waals surface area contributed by atoms with Crippen LogP contribution in [0.25, 0.3) is 0 Å². The Balaban J connectivity index is 3.26. The molecule has 0 aromatic heterocycles. The Labute approximate surface area is 181 Å². The van der Waals surface area contributed by atoms with E-state index < -0.39 is 41.8 Å². The van der Waals surface area contributed by atoms with Crippen molar-refractivity contribution in [2.45, 2.75) is 58.5 Å². The quantitative estimate of drug-likeness (QED) is 0.289. The Morgan fingerprint density at radius 3 is 1.81 bits per heavy atom. The third kappa shape index (κ3) is 8.23. The maximum atomic E-state index is 12.2. The van der Waals surface area contributed by atoms with Crippen LogP contribution < -0.4 is 10.6 Å². The number of amides is 2. The average molecular weight is 438 g/mol. The van der Waals surface area contributed by atoms with Gasteiger partial charge in [0, 0.05) is 25.8 Å². The van der Waals surface area contributed by atoms with Crippen LogP contribution in [-0.4, -0.2) is 62.6 Å². The van der Waals surface area contributed by atoms with Gasteiger partial charge in [0.2, 0.25) is 11.8 Å². The molecule has 0 bridgehead atoms. The molecular weight excluding hydrogens is 408 g/mol. The van der Waals surface area contributed by atoms with Crippen molar-refractivity contribution in [3.8, 4) is 0 Å². The first-order valence-electron chi connectivity index (χ1n) is 9.88. The smallest absolute Gasteiger partial charge is 0.334 e. The standard InChI is InChI=1S/C21H30N2O8/c1-6-31-19(26)15-8-7-14(10-17(20(27)29-4)22-12(2)24)16(9-15)11-18(21(28)30-5)23-13(3)25/h8,17-18H,6-7,9-11H2,1-5H3,(H,22,24)(H,23,25)/t17-,18-/m1/s1. The number of methoxy groups -OCH3 is 2. The first-order chi connectivity index (χ1) is 14.6. The summed E-state index contributed by atoms with van der Waals surface area (Å²) < 4.78 is 14.6. The second kappa shape index (κ2) is 12.5. The maximum Gasteiger partial charge on any atom is 0.334 e. The van der Waals surface area contributed by atoms with Crippen molar-refractivity contribution in [2.75, 3.05) is 20.8 Å². The minimum Gasteiger partial charge on any atom is -0.467 e. The molecule has 10 nitrogen and oxygen atoms in total. The third-order valence-electron chi connectivity index (χ3n) is 4.66. The number of nitrogens with one attached hydrogen (secondary N) is 2. The molecule has 2 N–H and O–H groups in total. The molecule has 0 aliphatic heterocycles. The normalized spacial score (nSPS) is 15.2. The Hall–Kier alpha value is -3.17. The molecule has 1 aliphatic carbocycles. The number of hydrogen-bond acceptors (Lipinski definition) is 8. The molecule has 172 valence electrons. The molecule has 0 aromatic rings. The van der Waals surface area contributed by atoms with Crippen molar-refractivity contribution in [3.63, 3.8) is 0 Å². The Morgan fingerprint density at radius 2 is 1.39 bits per heavy atom. The summed E-state index contributed by atoms with van der Waals surface area (Å²) >= 11 is 0. The zero-order valence-electron chi connectivity index (χ0n) is 18.5. The van der Waals surface area contributed by atoms with Gasteiger partial charge in [-0.25, -0.2) is 14.4 Å². The number of carbonyl (C=O) groups is 5. The first kappa shape index (κ1) is 25.9. The van der Waals surface area contributed by atoms with Gasteiger partial charge in [0.25, 0.3) is 0 Å². The number of ether oxygens (including phenoxy) is 3. The first-order valence-corrected chi connectivity index (χ1v) is 9.88. The highest BCUT2D eigenvalue weighted by atomic mass is 16.5. The number of rotatable bonds is 10. The second-order valence-corrected chi connectivity index (χ2v) is 7.00. The number of hydrogen-bond donors (Lipinski definition) is 2. The highest BCUT2D eigenvalue weighted by Crippen LogP contribution is 2.32. The monoisotopic (exact) mass is 438 g/mol. The lowest BCUT2D eigenvalue weighted by atomic mass is 9.84. The number of esters is 3. The summed E-state index contributed by atoms with van der Waals surface area (Å²) in [7, 11) is 2.43. The molecular formula is C21H30N2O8. The minimum absolute atomic E-state index is 0.0757. The van der Waals surface area contributed by atoms with E-state index in [0.717, 1.165) is 5.57 Å². The van der Waals surface area contributed by atoms with Crippen molar-refractivity contribution in [1.82, 2.24) is 10.6 Å². The molecule has 0 fully saturated rings. The molecule has 10 heteroatoms. The minimum atomic E-state index is -0.966. The van der Waals surface area contributed by atoms with E-state index in [1.807, 2.05) is 0 Å². The Morgan fingerprint density at radius 1 is 0.903 bits per heavy atom. The van der Waals surface area contributed by atoms with Gasteiger partial charge in [-0.1, -0.05) is 17.2 Å². The van der Waals surface area contributed by atoms with Gasteiger partial charge < -0.3 is 24.8 Å².